The molecule has 0 saturated carbocycles. The molecule has 0 atom stereocenters. The van der Waals surface area contributed by atoms with E-state index in [0.29, 0.717) is 15.6 Å². The number of hydrogen-bond acceptors (Lipinski definition) is 4. The van der Waals surface area contributed by atoms with Gasteiger partial charge in [0.25, 0.3) is 11.8 Å². The molecule has 1 aliphatic heterocycles. The quantitative estimate of drug-likeness (QED) is 0.279. The lowest BCUT2D eigenvalue weighted by atomic mass is 10.0. The van der Waals surface area contributed by atoms with E-state index in [1.54, 1.807) is 43.3 Å². The summed E-state index contributed by atoms with van der Waals surface area (Å²) >= 11 is 24.8. The Morgan fingerprint density at radius 3 is 2.40 bits per heavy atom. The molecule has 10 heteroatoms. The summed E-state index contributed by atoms with van der Waals surface area (Å²) in [5.74, 6) is -1.50. The van der Waals surface area contributed by atoms with Gasteiger partial charge in [0.15, 0.2) is 0 Å². The topological polar surface area (TPSA) is 75.7 Å². The first-order chi connectivity index (χ1) is 16.7. The Balaban J connectivity index is 1.74. The maximum atomic E-state index is 13.3. The summed E-state index contributed by atoms with van der Waals surface area (Å²) < 4.78 is 5.91. The van der Waals surface area contributed by atoms with Crippen LogP contribution in [0.1, 0.15) is 16.7 Å². The molecule has 1 saturated heterocycles. The number of barbiturate groups is 1. The van der Waals surface area contributed by atoms with E-state index in [2.05, 4.69) is 5.32 Å². The highest BCUT2D eigenvalue weighted by Crippen LogP contribution is 2.36. The molecule has 178 valence electrons. The molecule has 1 N–H and O–H groups in total. The van der Waals surface area contributed by atoms with Crippen molar-refractivity contribution in [1.29, 1.82) is 0 Å². The second-order valence-electron chi connectivity index (χ2n) is 7.57. The second-order valence-corrected chi connectivity index (χ2v) is 9.25. The van der Waals surface area contributed by atoms with Crippen LogP contribution in [0.5, 0.6) is 5.75 Å². The van der Waals surface area contributed by atoms with Gasteiger partial charge in [-0.2, -0.15) is 0 Å². The van der Waals surface area contributed by atoms with Crippen molar-refractivity contribution in [2.75, 3.05) is 4.90 Å². The van der Waals surface area contributed by atoms with E-state index in [0.717, 1.165) is 10.5 Å². The van der Waals surface area contributed by atoms with Gasteiger partial charge in [-0.25, -0.2) is 9.69 Å². The largest absolute Gasteiger partial charge is 0.487 e. The van der Waals surface area contributed by atoms with E-state index in [-0.39, 0.29) is 39.2 Å². The number of imide groups is 2. The fourth-order valence-electron chi connectivity index (χ4n) is 3.49. The van der Waals surface area contributed by atoms with Gasteiger partial charge in [-0.15, -0.1) is 0 Å². The number of carbonyl (C=O) groups is 3. The summed E-state index contributed by atoms with van der Waals surface area (Å²) in [5.41, 5.74) is 1.50. The van der Waals surface area contributed by atoms with Crippen molar-refractivity contribution in [3.05, 3.63) is 97.0 Å². The molecule has 3 aromatic carbocycles. The number of carbonyl (C=O) groups excluding carboxylic acids is 3. The van der Waals surface area contributed by atoms with Crippen molar-refractivity contribution in [2.45, 2.75) is 13.5 Å². The molecule has 0 spiro atoms. The number of rotatable bonds is 5. The van der Waals surface area contributed by atoms with Gasteiger partial charge in [0.1, 0.15) is 17.9 Å². The molecular weight excluding hydrogens is 534 g/mol. The van der Waals surface area contributed by atoms with Crippen molar-refractivity contribution in [3.63, 3.8) is 0 Å². The van der Waals surface area contributed by atoms with Crippen LogP contribution in [0, 0.1) is 6.92 Å². The molecule has 1 aliphatic rings. The first-order valence-electron chi connectivity index (χ1n) is 10.2. The summed E-state index contributed by atoms with van der Waals surface area (Å²) in [4.78, 5) is 39.4. The lowest BCUT2D eigenvalue weighted by molar-refractivity contribution is -0.122. The Morgan fingerprint density at radius 2 is 1.66 bits per heavy atom. The summed E-state index contributed by atoms with van der Waals surface area (Å²) in [7, 11) is 0. The number of hydrogen-bond donors (Lipinski definition) is 1. The lowest BCUT2D eigenvalue weighted by Gasteiger charge is -2.28. The SMILES string of the molecule is Cc1c(Cl)cccc1N1C(=O)NC(=O)/C(=C\c2cc(Cl)cc(Cl)c2OCc2cccc(Cl)c2)C1=O. The normalized spacial score (nSPS) is 14.9. The van der Waals surface area contributed by atoms with Crippen LogP contribution in [0.2, 0.25) is 20.1 Å². The van der Waals surface area contributed by atoms with E-state index in [9.17, 15) is 14.4 Å². The Bertz CT molecular complexity index is 1400. The number of urea groups is 1. The van der Waals surface area contributed by atoms with Crippen molar-refractivity contribution < 1.29 is 19.1 Å². The highest BCUT2D eigenvalue weighted by Gasteiger charge is 2.38. The highest BCUT2D eigenvalue weighted by atomic mass is 35.5. The minimum atomic E-state index is -0.885. The molecule has 0 aliphatic carbocycles. The van der Waals surface area contributed by atoms with Crippen molar-refractivity contribution in [1.82, 2.24) is 5.32 Å². The predicted molar refractivity (Wildman–Crippen MR) is 137 cm³/mol. The zero-order chi connectivity index (χ0) is 25.3. The van der Waals surface area contributed by atoms with Crippen LogP contribution < -0.4 is 15.0 Å². The number of nitrogens with zero attached hydrogens (tertiary/aromatic N) is 1. The third-order valence-corrected chi connectivity index (χ3v) is 6.33. The minimum absolute atomic E-state index is 0.116. The zero-order valence-electron chi connectivity index (χ0n) is 18.1. The monoisotopic (exact) mass is 548 g/mol. The number of amides is 4. The van der Waals surface area contributed by atoms with Gasteiger partial charge in [0.05, 0.1) is 10.7 Å². The Kier molecular flexibility index (Phi) is 7.38. The van der Waals surface area contributed by atoms with Gasteiger partial charge in [0.2, 0.25) is 0 Å². The molecule has 0 radical (unpaired) electrons. The molecule has 1 heterocycles. The molecule has 6 nitrogen and oxygen atoms in total. The first-order valence-corrected chi connectivity index (χ1v) is 11.7. The van der Waals surface area contributed by atoms with Gasteiger partial charge in [0, 0.05) is 20.6 Å². The van der Waals surface area contributed by atoms with Crippen LogP contribution in [0.3, 0.4) is 0 Å². The van der Waals surface area contributed by atoms with Gasteiger partial charge < -0.3 is 4.74 Å². The molecule has 1 fully saturated rings. The standard InChI is InChI=1S/C25H16Cl4N2O4/c1-13-19(28)6-3-7-21(13)31-24(33)18(23(32)30-25(31)34)10-15-9-17(27)11-20(29)22(15)35-12-14-4-2-5-16(26)8-14/h2-11H,12H2,1H3,(H,30,32,34)/b18-10+. The lowest BCUT2D eigenvalue weighted by Crippen LogP contribution is -2.54. The summed E-state index contributed by atoms with van der Waals surface area (Å²) in [5, 5.41) is 3.53. The van der Waals surface area contributed by atoms with E-state index < -0.39 is 17.8 Å². The molecule has 0 aromatic heterocycles. The maximum absolute atomic E-state index is 13.3. The first kappa shape index (κ1) is 25.1. The zero-order valence-corrected chi connectivity index (χ0v) is 21.1. The van der Waals surface area contributed by atoms with Crippen molar-refractivity contribution in [3.8, 4) is 5.75 Å². The molecule has 35 heavy (non-hydrogen) atoms. The highest BCUT2D eigenvalue weighted by molar-refractivity contribution is 6.40. The van der Waals surface area contributed by atoms with Crippen LogP contribution >= 0.6 is 46.4 Å². The molecule has 0 bridgehead atoms. The number of anilines is 1. The van der Waals surface area contributed by atoms with E-state index in [1.165, 1.54) is 18.2 Å². The number of ether oxygens (including phenoxy) is 1. The van der Waals surface area contributed by atoms with Gasteiger partial charge in [-0.3, -0.25) is 14.9 Å². The van der Waals surface area contributed by atoms with Crippen LogP contribution in [0.25, 0.3) is 6.08 Å². The van der Waals surface area contributed by atoms with Crippen molar-refractivity contribution in [2.24, 2.45) is 0 Å². The molecule has 4 rings (SSSR count). The van der Waals surface area contributed by atoms with Crippen LogP contribution in [-0.4, -0.2) is 17.8 Å². The maximum Gasteiger partial charge on any atom is 0.335 e. The van der Waals surface area contributed by atoms with Crippen LogP contribution in [0.4, 0.5) is 10.5 Å². The number of benzene rings is 3. The Hall–Kier alpha value is -3.03. The minimum Gasteiger partial charge on any atom is -0.487 e. The van der Waals surface area contributed by atoms with E-state index in [4.69, 9.17) is 51.1 Å². The number of nitrogens with one attached hydrogen (secondary N) is 1. The number of halogens is 4. The Labute approximate surface area is 221 Å². The molecule has 3 aromatic rings. The fourth-order valence-corrected chi connectivity index (χ4v) is 4.44. The molecular formula is C25H16Cl4N2O4. The molecule has 4 amide bonds. The summed E-state index contributed by atoms with van der Waals surface area (Å²) in [6.07, 6.45) is 1.28. The smallest absolute Gasteiger partial charge is 0.335 e. The predicted octanol–water partition coefficient (Wildman–Crippen LogP) is 6.85. The Morgan fingerprint density at radius 1 is 0.914 bits per heavy atom. The molecule has 0 unspecified atom stereocenters. The van der Waals surface area contributed by atoms with Crippen LogP contribution in [-0.2, 0) is 16.2 Å². The van der Waals surface area contributed by atoms with Gasteiger partial charge in [-0.1, -0.05) is 64.6 Å². The van der Waals surface area contributed by atoms with E-state index >= 15 is 0 Å². The summed E-state index contributed by atoms with van der Waals surface area (Å²) in [6.45, 7) is 1.78. The van der Waals surface area contributed by atoms with E-state index in [1.807, 2.05) is 6.07 Å². The third kappa shape index (κ3) is 5.31. The second kappa shape index (κ2) is 10.3. The third-order valence-electron chi connectivity index (χ3n) is 5.19. The fraction of sp³-hybridized carbons (Fsp3) is 0.0800. The van der Waals surface area contributed by atoms with Gasteiger partial charge >= 0.3 is 6.03 Å². The van der Waals surface area contributed by atoms with Gasteiger partial charge in [-0.05, 0) is 60.5 Å². The average Bonchev–Trinajstić information content (AvgIpc) is 2.78. The average molecular weight is 550 g/mol. The van der Waals surface area contributed by atoms with Crippen molar-refractivity contribution >= 4 is 76.0 Å². The summed E-state index contributed by atoms with van der Waals surface area (Å²) in [6, 6.07) is 14.0. The van der Waals surface area contributed by atoms with Crippen LogP contribution in [0.15, 0.2) is 60.2 Å².